The number of nitrogens with zero attached hydrogens (tertiary/aromatic N) is 3. The molecule has 2 atom stereocenters. The molecule has 168 valence electrons. The Bertz CT molecular complexity index is 1310. The van der Waals surface area contributed by atoms with Gasteiger partial charge in [-0.25, -0.2) is 26.7 Å². The fourth-order valence-corrected chi connectivity index (χ4v) is 5.34. The molecule has 0 saturated carbocycles. The third-order valence-corrected chi connectivity index (χ3v) is 7.43. The number of carbonyl (C=O) groups is 1. The maximum absolute atomic E-state index is 14.5. The number of carbonyl (C=O) groups excluding carboxylic acids is 1. The number of sulfonamides is 1. The van der Waals surface area contributed by atoms with Crippen molar-refractivity contribution in [1.29, 1.82) is 0 Å². The van der Waals surface area contributed by atoms with Gasteiger partial charge in [0.15, 0.2) is 11.4 Å². The average Bonchev–Trinajstić information content (AvgIpc) is 3.42. The Labute approximate surface area is 182 Å². The molecule has 1 aromatic heterocycles. The van der Waals surface area contributed by atoms with Gasteiger partial charge < -0.3 is 9.42 Å². The van der Waals surface area contributed by atoms with Crippen LogP contribution in [0.5, 0.6) is 0 Å². The summed E-state index contributed by atoms with van der Waals surface area (Å²) in [6, 6.07) is 7.47. The zero-order valence-corrected chi connectivity index (χ0v) is 17.9. The van der Waals surface area contributed by atoms with Crippen LogP contribution in [0.4, 0.5) is 19.4 Å². The Morgan fingerprint density at radius 1 is 1.16 bits per heavy atom. The molecule has 2 aromatic carbocycles. The molecule has 0 radical (unpaired) electrons. The van der Waals surface area contributed by atoms with E-state index in [-0.39, 0.29) is 53.9 Å². The molecule has 0 bridgehead atoms. The average molecular weight is 462 g/mol. The van der Waals surface area contributed by atoms with Crippen molar-refractivity contribution in [2.45, 2.75) is 25.4 Å². The first-order valence-corrected chi connectivity index (χ1v) is 11.8. The van der Waals surface area contributed by atoms with Gasteiger partial charge in [-0.05, 0) is 31.5 Å². The maximum Gasteiger partial charge on any atom is 0.326 e. The quantitative estimate of drug-likeness (QED) is 0.629. The molecule has 32 heavy (non-hydrogen) atoms. The number of urea groups is 1. The number of hydrogen-bond acceptors (Lipinski definition) is 5. The highest BCUT2D eigenvalue weighted by molar-refractivity contribution is 7.89. The van der Waals surface area contributed by atoms with E-state index in [1.165, 1.54) is 23.1 Å². The van der Waals surface area contributed by atoms with E-state index in [1.807, 2.05) is 0 Å². The van der Waals surface area contributed by atoms with Gasteiger partial charge in [0, 0.05) is 24.7 Å². The minimum atomic E-state index is -3.38. The highest BCUT2D eigenvalue weighted by atomic mass is 32.2. The Kier molecular flexibility index (Phi) is 4.90. The Hall–Kier alpha value is -3.05. The standard InChI is InChI=1S/C21H20F2N4O4S/c1-2-32(29,30)25-12-9-13-11-27(21(28)26(13)10-12)20-19-14(5-3-8-17(19)31-24-20)18-15(22)6-4-7-16(18)23/h3-8,12-13,25H,2,9-11H2,1H3/t12-,13+/m0/s1. The van der Waals surface area contributed by atoms with E-state index in [1.54, 1.807) is 30.0 Å². The van der Waals surface area contributed by atoms with Crippen molar-refractivity contribution >= 4 is 32.8 Å². The summed E-state index contributed by atoms with van der Waals surface area (Å²) in [6.07, 6.45) is 0.464. The van der Waals surface area contributed by atoms with Crippen molar-refractivity contribution in [2.75, 3.05) is 23.7 Å². The minimum Gasteiger partial charge on any atom is -0.354 e. The Balaban J connectivity index is 1.50. The van der Waals surface area contributed by atoms with Crippen molar-refractivity contribution in [3.63, 3.8) is 0 Å². The third kappa shape index (κ3) is 3.32. The van der Waals surface area contributed by atoms with Gasteiger partial charge in [0.2, 0.25) is 10.0 Å². The number of fused-ring (bicyclic) bond motifs is 2. The van der Waals surface area contributed by atoms with Crippen LogP contribution in [-0.4, -0.2) is 55.4 Å². The van der Waals surface area contributed by atoms with Gasteiger partial charge in [-0.3, -0.25) is 4.90 Å². The highest BCUT2D eigenvalue weighted by Gasteiger charge is 2.46. The van der Waals surface area contributed by atoms with Gasteiger partial charge >= 0.3 is 6.03 Å². The summed E-state index contributed by atoms with van der Waals surface area (Å²) in [6.45, 7) is 2.06. The lowest BCUT2D eigenvalue weighted by molar-refractivity contribution is 0.218. The molecule has 2 saturated heterocycles. The topological polar surface area (TPSA) is 95.7 Å². The van der Waals surface area contributed by atoms with E-state index in [0.29, 0.717) is 17.4 Å². The fourth-order valence-electron chi connectivity index (χ4n) is 4.49. The fraction of sp³-hybridized carbons (Fsp3) is 0.333. The van der Waals surface area contributed by atoms with Crippen molar-refractivity contribution in [1.82, 2.24) is 14.8 Å². The molecule has 0 unspecified atom stereocenters. The SMILES string of the molecule is CCS(=O)(=O)N[C@H]1C[C@@H]2CN(c3noc4cccc(-c5c(F)cccc5F)c34)C(=O)N2C1. The molecule has 11 heteroatoms. The normalized spacial score (nSPS) is 21.0. The van der Waals surface area contributed by atoms with Gasteiger partial charge in [-0.1, -0.05) is 23.4 Å². The van der Waals surface area contributed by atoms with E-state index in [0.717, 1.165) is 0 Å². The Morgan fingerprint density at radius 3 is 2.56 bits per heavy atom. The maximum atomic E-state index is 14.5. The van der Waals surface area contributed by atoms with Crippen molar-refractivity contribution in [2.24, 2.45) is 0 Å². The van der Waals surface area contributed by atoms with Crippen molar-refractivity contribution < 1.29 is 26.5 Å². The summed E-state index contributed by atoms with van der Waals surface area (Å²) in [5.41, 5.74) is 0.320. The lowest BCUT2D eigenvalue weighted by Gasteiger charge is -2.18. The van der Waals surface area contributed by atoms with Crippen LogP contribution in [0.1, 0.15) is 13.3 Å². The van der Waals surface area contributed by atoms with Gasteiger partial charge in [0.05, 0.1) is 22.7 Å². The van der Waals surface area contributed by atoms with E-state index in [2.05, 4.69) is 9.88 Å². The smallest absolute Gasteiger partial charge is 0.326 e. The Morgan fingerprint density at radius 2 is 1.88 bits per heavy atom. The van der Waals surface area contributed by atoms with Crippen LogP contribution in [0.25, 0.3) is 22.1 Å². The van der Waals surface area contributed by atoms with Gasteiger partial charge in [0.1, 0.15) is 11.6 Å². The number of rotatable bonds is 5. The highest BCUT2D eigenvalue weighted by Crippen LogP contribution is 2.40. The lowest BCUT2D eigenvalue weighted by atomic mass is 10.00. The summed E-state index contributed by atoms with van der Waals surface area (Å²) < 4.78 is 60.8. The van der Waals surface area contributed by atoms with E-state index in [9.17, 15) is 22.0 Å². The lowest BCUT2D eigenvalue weighted by Crippen LogP contribution is -2.41. The number of benzene rings is 2. The van der Waals surface area contributed by atoms with Crippen LogP contribution in [0.3, 0.4) is 0 Å². The zero-order chi connectivity index (χ0) is 22.6. The molecule has 3 aromatic rings. The van der Waals surface area contributed by atoms with Crippen LogP contribution in [0.15, 0.2) is 40.9 Å². The minimum absolute atomic E-state index is 0.0332. The molecule has 8 nitrogen and oxygen atoms in total. The van der Waals surface area contributed by atoms with E-state index < -0.39 is 21.7 Å². The van der Waals surface area contributed by atoms with Crippen molar-refractivity contribution in [3.8, 4) is 11.1 Å². The second-order valence-electron chi connectivity index (χ2n) is 7.93. The molecule has 5 rings (SSSR count). The van der Waals surface area contributed by atoms with Crippen LogP contribution >= 0.6 is 0 Å². The number of nitrogens with one attached hydrogen (secondary N) is 1. The number of amides is 2. The number of anilines is 1. The molecule has 2 aliphatic heterocycles. The van der Waals surface area contributed by atoms with Gasteiger partial charge in [0.25, 0.3) is 0 Å². The first-order valence-electron chi connectivity index (χ1n) is 10.2. The van der Waals surface area contributed by atoms with Gasteiger partial charge in [-0.15, -0.1) is 0 Å². The predicted molar refractivity (Wildman–Crippen MR) is 114 cm³/mol. The number of aromatic nitrogens is 1. The molecular formula is C21H20F2N4O4S. The predicted octanol–water partition coefficient (Wildman–Crippen LogP) is 3.10. The van der Waals surface area contributed by atoms with Crippen LogP contribution in [0.2, 0.25) is 0 Å². The zero-order valence-electron chi connectivity index (χ0n) is 17.1. The summed E-state index contributed by atoms with van der Waals surface area (Å²) in [4.78, 5) is 16.1. The molecule has 0 spiro atoms. The van der Waals surface area contributed by atoms with E-state index in [4.69, 9.17) is 4.52 Å². The van der Waals surface area contributed by atoms with Crippen molar-refractivity contribution in [3.05, 3.63) is 48.0 Å². The summed E-state index contributed by atoms with van der Waals surface area (Å²) >= 11 is 0. The largest absolute Gasteiger partial charge is 0.354 e. The third-order valence-electron chi connectivity index (χ3n) is 5.98. The van der Waals surface area contributed by atoms with Crippen LogP contribution < -0.4 is 9.62 Å². The molecule has 2 amide bonds. The van der Waals surface area contributed by atoms with Crippen LogP contribution in [0, 0.1) is 11.6 Å². The molecule has 2 aliphatic rings. The summed E-state index contributed by atoms with van der Waals surface area (Å²) in [7, 11) is -3.38. The second kappa shape index (κ2) is 7.52. The molecule has 3 heterocycles. The first kappa shape index (κ1) is 20.8. The summed E-state index contributed by atoms with van der Waals surface area (Å²) in [5.74, 6) is -1.31. The molecule has 2 fully saturated rings. The second-order valence-corrected chi connectivity index (χ2v) is 9.98. The first-order chi connectivity index (χ1) is 15.3. The number of hydrogen-bond donors (Lipinski definition) is 1. The van der Waals surface area contributed by atoms with Gasteiger partial charge in [-0.2, -0.15) is 0 Å². The molecular weight excluding hydrogens is 442 g/mol. The molecule has 0 aliphatic carbocycles. The summed E-state index contributed by atoms with van der Waals surface area (Å²) in [5, 5.41) is 4.38. The number of halogens is 2. The molecule has 1 N–H and O–H groups in total. The van der Waals surface area contributed by atoms with Crippen LogP contribution in [-0.2, 0) is 10.0 Å². The monoisotopic (exact) mass is 462 g/mol. The van der Waals surface area contributed by atoms with E-state index >= 15 is 0 Å².